The van der Waals surface area contributed by atoms with E-state index in [0.29, 0.717) is 22.8 Å². The summed E-state index contributed by atoms with van der Waals surface area (Å²) in [5, 5.41) is 4.58. The van der Waals surface area contributed by atoms with Gasteiger partial charge in [0.25, 0.3) is 0 Å². The number of ether oxygens (including phenoxy) is 1. The number of benzene rings is 1. The topological polar surface area (TPSA) is 54.5 Å². The first-order valence-electron chi connectivity index (χ1n) is 7.41. The molecule has 0 atom stereocenters. The van der Waals surface area contributed by atoms with Crippen LogP contribution in [-0.2, 0) is 4.74 Å². The molecule has 1 N–H and O–H groups in total. The summed E-state index contributed by atoms with van der Waals surface area (Å²) >= 11 is 6.97. The van der Waals surface area contributed by atoms with E-state index in [1.807, 2.05) is 6.07 Å². The van der Waals surface area contributed by atoms with Crippen LogP contribution in [0, 0.1) is 0 Å². The van der Waals surface area contributed by atoms with Crippen molar-refractivity contribution in [1.82, 2.24) is 9.88 Å². The number of methoxy groups -OCH3 is 1. The Morgan fingerprint density at radius 3 is 2.52 bits per heavy atom. The fraction of sp³-hybridized carbons (Fsp3) is 0.438. The molecule has 1 aromatic heterocycles. The van der Waals surface area contributed by atoms with Gasteiger partial charge in [0.05, 0.1) is 22.9 Å². The number of aromatic nitrogens is 1. The van der Waals surface area contributed by atoms with E-state index in [9.17, 15) is 4.79 Å². The summed E-state index contributed by atoms with van der Waals surface area (Å²) in [6.07, 6.45) is 0. The van der Waals surface area contributed by atoms with Gasteiger partial charge in [-0.25, -0.2) is 9.78 Å². The van der Waals surface area contributed by atoms with Crippen molar-refractivity contribution < 1.29 is 9.53 Å². The van der Waals surface area contributed by atoms with Gasteiger partial charge < -0.3 is 15.0 Å². The van der Waals surface area contributed by atoms with Crippen LogP contribution in [0.4, 0.5) is 5.13 Å². The highest BCUT2D eigenvalue weighted by Crippen LogP contribution is 2.27. The Labute approximate surface area is 145 Å². The van der Waals surface area contributed by atoms with Gasteiger partial charge in [-0.3, -0.25) is 0 Å². The van der Waals surface area contributed by atoms with Crippen LogP contribution >= 0.6 is 23.6 Å². The molecule has 124 valence electrons. The highest BCUT2D eigenvalue weighted by Gasteiger charge is 2.18. The van der Waals surface area contributed by atoms with Crippen molar-refractivity contribution in [3.8, 4) is 0 Å². The van der Waals surface area contributed by atoms with Gasteiger partial charge in [-0.2, -0.15) is 0 Å². The summed E-state index contributed by atoms with van der Waals surface area (Å²) < 4.78 is 5.66. The molecule has 5 nitrogen and oxygen atoms in total. The number of nitrogens with one attached hydrogen (secondary N) is 1. The summed E-state index contributed by atoms with van der Waals surface area (Å²) in [6.45, 7) is 8.42. The second-order valence-corrected chi connectivity index (χ2v) is 7.14. The van der Waals surface area contributed by atoms with Gasteiger partial charge in [0.2, 0.25) is 0 Å². The van der Waals surface area contributed by atoms with E-state index in [1.165, 1.54) is 18.4 Å². The number of carbonyl (C=O) groups excluding carboxylic acids is 1. The van der Waals surface area contributed by atoms with Crippen LogP contribution in [0.15, 0.2) is 18.2 Å². The normalized spacial score (nSPS) is 11.1. The fourth-order valence-electron chi connectivity index (χ4n) is 2.44. The average molecular weight is 351 g/mol. The minimum Gasteiger partial charge on any atom is -0.465 e. The molecule has 7 heteroatoms. The minimum absolute atomic E-state index is 0.301. The third kappa shape index (κ3) is 3.97. The highest BCUT2D eigenvalue weighted by atomic mass is 32.1. The molecule has 0 fully saturated rings. The fourth-order valence-corrected chi connectivity index (χ4v) is 3.93. The monoisotopic (exact) mass is 351 g/mol. The molecule has 0 aliphatic heterocycles. The van der Waals surface area contributed by atoms with Crippen molar-refractivity contribution in [1.29, 1.82) is 0 Å². The van der Waals surface area contributed by atoms with Crippen LogP contribution in [0.2, 0.25) is 0 Å². The van der Waals surface area contributed by atoms with Crippen molar-refractivity contribution in [2.24, 2.45) is 0 Å². The number of hydrogen-bond acceptors (Lipinski definition) is 5. The van der Waals surface area contributed by atoms with Gasteiger partial charge in [0, 0.05) is 12.1 Å². The molecule has 2 aromatic rings. The smallest absolute Gasteiger partial charge is 0.337 e. The van der Waals surface area contributed by atoms with Gasteiger partial charge in [0.1, 0.15) is 0 Å². The lowest BCUT2D eigenvalue weighted by Crippen LogP contribution is -2.44. The molecule has 0 spiro atoms. The maximum atomic E-state index is 11.6. The van der Waals surface area contributed by atoms with E-state index in [2.05, 4.69) is 42.9 Å². The quantitative estimate of drug-likeness (QED) is 0.666. The highest BCUT2D eigenvalue weighted by molar-refractivity contribution is 7.80. The van der Waals surface area contributed by atoms with Crippen LogP contribution < -0.4 is 5.32 Å². The Kier molecular flexibility index (Phi) is 5.54. The Bertz CT molecular complexity index is 717. The Hall–Kier alpha value is -1.73. The number of anilines is 1. The SMILES string of the molecule is COC(=O)c1ccc2nc(NC(=S)N(C(C)C)C(C)C)sc2c1. The van der Waals surface area contributed by atoms with Gasteiger partial charge in [0.15, 0.2) is 10.2 Å². The van der Waals surface area contributed by atoms with Crippen molar-refractivity contribution in [2.75, 3.05) is 12.4 Å². The first-order chi connectivity index (χ1) is 10.8. The molecule has 1 heterocycles. The zero-order chi connectivity index (χ0) is 17.1. The molecular formula is C16H21N3O2S2. The zero-order valence-corrected chi connectivity index (χ0v) is 15.5. The lowest BCUT2D eigenvalue weighted by atomic mass is 10.2. The van der Waals surface area contributed by atoms with Crippen LogP contribution in [0.5, 0.6) is 0 Å². The lowest BCUT2D eigenvalue weighted by molar-refractivity contribution is 0.0601. The number of thiocarbonyl (C=S) groups is 1. The van der Waals surface area contributed by atoms with Gasteiger partial charge >= 0.3 is 5.97 Å². The van der Waals surface area contributed by atoms with Crippen molar-refractivity contribution in [3.05, 3.63) is 23.8 Å². The number of fused-ring (bicyclic) bond motifs is 1. The molecule has 0 aliphatic carbocycles. The number of carbonyl (C=O) groups is 1. The van der Waals surface area contributed by atoms with Gasteiger partial charge in [-0.1, -0.05) is 11.3 Å². The molecule has 0 aliphatic rings. The van der Waals surface area contributed by atoms with E-state index in [0.717, 1.165) is 15.3 Å². The second kappa shape index (κ2) is 7.23. The average Bonchev–Trinajstić information content (AvgIpc) is 2.86. The molecule has 0 saturated heterocycles. The third-order valence-electron chi connectivity index (χ3n) is 3.37. The third-order valence-corrected chi connectivity index (χ3v) is 4.62. The number of nitrogens with zero attached hydrogens (tertiary/aromatic N) is 2. The maximum Gasteiger partial charge on any atom is 0.337 e. The Morgan fingerprint density at radius 1 is 1.30 bits per heavy atom. The van der Waals surface area contributed by atoms with Crippen LogP contribution in [0.3, 0.4) is 0 Å². The van der Waals surface area contributed by atoms with Crippen molar-refractivity contribution in [3.63, 3.8) is 0 Å². The van der Waals surface area contributed by atoms with Gasteiger partial charge in [-0.15, -0.1) is 0 Å². The van der Waals surface area contributed by atoms with E-state index in [-0.39, 0.29) is 5.97 Å². The first-order valence-corrected chi connectivity index (χ1v) is 8.64. The minimum atomic E-state index is -0.351. The molecular weight excluding hydrogens is 330 g/mol. The summed E-state index contributed by atoms with van der Waals surface area (Å²) in [4.78, 5) is 18.2. The van der Waals surface area contributed by atoms with E-state index in [1.54, 1.807) is 12.1 Å². The summed E-state index contributed by atoms with van der Waals surface area (Å²) in [5.74, 6) is -0.351. The van der Waals surface area contributed by atoms with Crippen molar-refractivity contribution >= 4 is 50.0 Å². The number of rotatable bonds is 4. The second-order valence-electron chi connectivity index (χ2n) is 5.72. The lowest BCUT2D eigenvalue weighted by Gasteiger charge is -2.32. The van der Waals surface area contributed by atoms with E-state index in [4.69, 9.17) is 17.0 Å². The molecule has 0 radical (unpaired) electrons. The van der Waals surface area contributed by atoms with Crippen LogP contribution in [0.25, 0.3) is 10.2 Å². The molecule has 0 saturated carbocycles. The molecule has 1 aromatic carbocycles. The maximum absolute atomic E-state index is 11.6. The number of thiazole rings is 1. The number of esters is 1. The van der Waals surface area contributed by atoms with E-state index >= 15 is 0 Å². The Morgan fingerprint density at radius 2 is 1.96 bits per heavy atom. The molecule has 0 unspecified atom stereocenters. The standard InChI is InChI=1S/C16H21N3O2S2/c1-9(2)19(10(3)4)16(22)18-15-17-12-7-6-11(14(20)21-5)8-13(12)23-15/h6-10H,1-5H3,(H,17,18,22). The van der Waals surface area contributed by atoms with Crippen LogP contribution in [-0.4, -0.2) is 40.2 Å². The van der Waals surface area contributed by atoms with Crippen LogP contribution in [0.1, 0.15) is 38.1 Å². The number of hydrogen-bond donors (Lipinski definition) is 1. The first kappa shape index (κ1) is 17.6. The van der Waals surface area contributed by atoms with Gasteiger partial charge in [-0.05, 0) is 58.1 Å². The zero-order valence-electron chi connectivity index (χ0n) is 13.9. The summed E-state index contributed by atoms with van der Waals surface area (Å²) in [5.41, 5.74) is 1.34. The van der Waals surface area contributed by atoms with E-state index < -0.39 is 0 Å². The summed E-state index contributed by atoms with van der Waals surface area (Å²) in [7, 11) is 1.37. The molecule has 0 bridgehead atoms. The summed E-state index contributed by atoms with van der Waals surface area (Å²) in [6, 6.07) is 5.92. The molecule has 0 amide bonds. The molecule has 23 heavy (non-hydrogen) atoms. The molecule has 2 rings (SSSR count). The van der Waals surface area contributed by atoms with Crippen molar-refractivity contribution in [2.45, 2.75) is 39.8 Å². The predicted octanol–water partition coefficient (Wildman–Crippen LogP) is 3.90. The largest absolute Gasteiger partial charge is 0.465 e. The predicted molar refractivity (Wildman–Crippen MR) is 99.3 cm³/mol. The Balaban J connectivity index is 2.24.